The third kappa shape index (κ3) is 3.02. The Bertz CT molecular complexity index is 882. The van der Waals surface area contributed by atoms with E-state index in [0.29, 0.717) is 0 Å². The Balaban J connectivity index is 2.15. The number of aromatic nitrogens is 2. The average Bonchev–Trinajstić information content (AvgIpc) is 2.87. The highest BCUT2D eigenvalue weighted by Crippen LogP contribution is 2.33. The van der Waals surface area contributed by atoms with Crippen LogP contribution in [-0.2, 0) is 5.41 Å². The molecule has 0 unspecified atom stereocenters. The van der Waals surface area contributed by atoms with Crippen molar-refractivity contribution < 1.29 is 0 Å². The van der Waals surface area contributed by atoms with Crippen LogP contribution in [0.15, 0.2) is 52.8 Å². The molecule has 0 radical (unpaired) electrons. The molecule has 4 nitrogen and oxygen atoms in total. The lowest BCUT2D eigenvalue weighted by atomic mass is 9.92. The number of benzene rings is 1. The Hall–Kier alpha value is -2.49. The van der Waals surface area contributed by atoms with Crippen LogP contribution in [0.4, 0.5) is 11.5 Å². The number of imidazole rings is 1. The fourth-order valence-electron chi connectivity index (χ4n) is 2.51. The van der Waals surface area contributed by atoms with E-state index in [2.05, 4.69) is 56.1 Å². The zero-order valence-corrected chi connectivity index (χ0v) is 14.3. The van der Waals surface area contributed by atoms with Crippen molar-refractivity contribution in [2.75, 3.05) is 0 Å². The van der Waals surface area contributed by atoms with Crippen LogP contribution in [-0.4, -0.2) is 9.38 Å². The molecule has 0 fully saturated rings. The van der Waals surface area contributed by atoms with E-state index < -0.39 is 0 Å². The molecule has 0 aliphatic carbocycles. The molecule has 0 amide bonds. The van der Waals surface area contributed by atoms with Gasteiger partial charge in [-0.15, -0.1) is 10.2 Å². The summed E-state index contributed by atoms with van der Waals surface area (Å²) in [5, 5.41) is 9.06. The van der Waals surface area contributed by atoms with Gasteiger partial charge in [0.25, 0.3) is 0 Å². The molecule has 3 rings (SSSR count). The molecule has 0 aliphatic heterocycles. The molecule has 3 aromatic rings. The summed E-state index contributed by atoms with van der Waals surface area (Å²) in [6.45, 7) is 10.5. The predicted octanol–water partition coefficient (Wildman–Crippen LogP) is 5.66. The second kappa shape index (κ2) is 5.61. The molecular weight excluding hydrogens is 284 g/mol. The van der Waals surface area contributed by atoms with E-state index >= 15 is 0 Å². The van der Waals surface area contributed by atoms with Gasteiger partial charge in [-0.25, -0.2) is 4.98 Å². The second-order valence-electron chi connectivity index (χ2n) is 6.95. The number of azo groups is 1. The van der Waals surface area contributed by atoms with Crippen molar-refractivity contribution in [1.82, 2.24) is 9.38 Å². The van der Waals surface area contributed by atoms with Crippen LogP contribution in [0.5, 0.6) is 0 Å². The summed E-state index contributed by atoms with van der Waals surface area (Å²) in [6, 6.07) is 12.2. The van der Waals surface area contributed by atoms with Crippen LogP contribution in [0.3, 0.4) is 0 Å². The largest absolute Gasteiger partial charge is 0.283 e. The van der Waals surface area contributed by atoms with Crippen LogP contribution in [0, 0.1) is 13.8 Å². The summed E-state index contributed by atoms with van der Waals surface area (Å²) < 4.78 is 2.00. The van der Waals surface area contributed by atoms with Crippen molar-refractivity contribution in [3.05, 3.63) is 59.4 Å². The molecule has 4 heteroatoms. The molecule has 0 spiro atoms. The minimum absolute atomic E-state index is 0.0952. The topological polar surface area (TPSA) is 42.0 Å². The number of nitrogens with zero attached hydrogens (tertiary/aromatic N) is 4. The minimum atomic E-state index is -0.0952. The van der Waals surface area contributed by atoms with Gasteiger partial charge in [0.1, 0.15) is 5.65 Å². The Labute approximate surface area is 136 Å². The molecule has 0 saturated carbocycles. The fraction of sp³-hybridized carbons (Fsp3) is 0.316. The zero-order valence-electron chi connectivity index (χ0n) is 14.3. The number of rotatable bonds is 2. The summed E-state index contributed by atoms with van der Waals surface area (Å²) in [5.41, 5.74) is 4.95. The van der Waals surface area contributed by atoms with E-state index in [9.17, 15) is 0 Å². The Morgan fingerprint density at radius 2 is 1.78 bits per heavy atom. The van der Waals surface area contributed by atoms with Gasteiger partial charge >= 0.3 is 0 Å². The molecule has 2 heterocycles. The van der Waals surface area contributed by atoms with Gasteiger partial charge in [0.15, 0.2) is 5.82 Å². The van der Waals surface area contributed by atoms with Gasteiger partial charge in [-0.2, -0.15) is 0 Å². The molecule has 118 valence electrons. The standard InChI is InChI=1S/C19H22N4/c1-13-9-10-14(2)15(12-13)21-22-18-17(19(3,4)5)20-16-8-6-7-11-23(16)18/h6-12H,1-5H3. The number of aryl methyl sites for hydroxylation is 2. The number of hydrogen-bond donors (Lipinski definition) is 0. The van der Waals surface area contributed by atoms with Gasteiger partial charge in [-0.05, 0) is 43.2 Å². The van der Waals surface area contributed by atoms with Gasteiger partial charge in [-0.1, -0.05) is 39.0 Å². The highest BCUT2D eigenvalue weighted by Gasteiger charge is 2.24. The summed E-state index contributed by atoms with van der Waals surface area (Å²) in [7, 11) is 0. The molecular formula is C19H22N4. The Kier molecular flexibility index (Phi) is 3.76. The van der Waals surface area contributed by atoms with Crippen LogP contribution in [0.25, 0.3) is 5.65 Å². The predicted molar refractivity (Wildman–Crippen MR) is 94.0 cm³/mol. The van der Waals surface area contributed by atoms with E-state index in [4.69, 9.17) is 4.98 Å². The second-order valence-corrected chi connectivity index (χ2v) is 6.95. The van der Waals surface area contributed by atoms with E-state index in [-0.39, 0.29) is 5.41 Å². The van der Waals surface area contributed by atoms with E-state index in [1.54, 1.807) is 0 Å². The van der Waals surface area contributed by atoms with Crippen LogP contribution in [0.2, 0.25) is 0 Å². The molecule has 2 aromatic heterocycles. The van der Waals surface area contributed by atoms with Gasteiger partial charge in [-0.3, -0.25) is 4.40 Å². The first-order valence-electron chi connectivity index (χ1n) is 7.83. The van der Waals surface area contributed by atoms with E-state index in [1.165, 1.54) is 5.56 Å². The first kappa shape index (κ1) is 15.4. The molecule has 0 saturated heterocycles. The van der Waals surface area contributed by atoms with Crippen LogP contribution < -0.4 is 0 Å². The highest BCUT2D eigenvalue weighted by molar-refractivity contribution is 5.54. The molecule has 0 aliphatic rings. The number of hydrogen-bond acceptors (Lipinski definition) is 3. The van der Waals surface area contributed by atoms with Crippen molar-refractivity contribution in [3.63, 3.8) is 0 Å². The average molecular weight is 306 g/mol. The monoisotopic (exact) mass is 306 g/mol. The lowest BCUT2D eigenvalue weighted by Gasteiger charge is -2.15. The van der Waals surface area contributed by atoms with Gasteiger partial charge in [0.2, 0.25) is 0 Å². The molecule has 0 atom stereocenters. The molecule has 0 bridgehead atoms. The Morgan fingerprint density at radius 1 is 1.00 bits per heavy atom. The van der Waals surface area contributed by atoms with Crippen molar-refractivity contribution in [2.45, 2.75) is 40.0 Å². The number of fused-ring (bicyclic) bond motifs is 1. The van der Waals surface area contributed by atoms with E-state index in [0.717, 1.165) is 28.4 Å². The summed E-state index contributed by atoms with van der Waals surface area (Å²) in [4.78, 5) is 4.75. The first-order valence-corrected chi connectivity index (χ1v) is 7.83. The lowest BCUT2D eigenvalue weighted by Crippen LogP contribution is -2.11. The first-order chi connectivity index (χ1) is 10.9. The SMILES string of the molecule is Cc1ccc(C)c(N=Nc2c(C(C)(C)C)nc3ccccn23)c1. The van der Waals surface area contributed by atoms with Crippen molar-refractivity contribution in [3.8, 4) is 0 Å². The summed E-state index contributed by atoms with van der Waals surface area (Å²) in [6.07, 6.45) is 1.98. The van der Waals surface area contributed by atoms with Crippen molar-refractivity contribution >= 4 is 17.2 Å². The molecule has 1 aromatic carbocycles. The summed E-state index contributed by atoms with van der Waals surface area (Å²) in [5.74, 6) is 0.800. The van der Waals surface area contributed by atoms with E-state index in [1.807, 2.05) is 35.7 Å². The maximum Gasteiger partial charge on any atom is 0.183 e. The highest BCUT2D eigenvalue weighted by atomic mass is 15.2. The quantitative estimate of drug-likeness (QED) is 0.563. The maximum atomic E-state index is 4.75. The number of pyridine rings is 1. The van der Waals surface area contributed by atoms with Crippen molar-refractivity contribution in [2.24, 2.45) is 10.2 Å². The zero-order chi connectivity index (χ0) is 16.6. The Morgan fingerprint density at radius 3 is 2.52 bits per heavy atom. The van der Waals surface area contributed by atoms with Crippen LogP contribution in [0.1, 0.15) is 37.6 Å². The third-order valence-electron chi connectivity index (χ3n) is 3.83. The van der Waals surface area contributed by atoms with Gasteiger partial charge in [0, 0.05) is 11.6 Å². The molecule has 23 heavy (non-hydrogen) atoms. The fourth-order valence-corrected chi connectivity index (χ4v) is 2.51. The van der Waals surface area contributed by atoms with Gasteiger partial charge < -0.3 is 0 Å². The summed E-state index contributed by atoms with van der Waals surface area (Å²) >= 11 is 0. The normalized spacial score (nSPS) is 12.4. The smallest absolute Gasteiger partial charge is 0.183 e. The third-order valence-corrected chi connectivity index (χ3v) is 3.83. The lowest BCUT2D eigenvalue weighted by molar-refractivity contribution is 0.574. The van der Waals surface area contributed by atoms with Gasteiger partial charge in [0.05, 0.1) is 11.4 Å². The van der Waals surface area contributed by atoms with Crippen LogP contribution >= 0.6 is 0 Å². The maximum absolute atomic E-state index is 4.75. The molecule has 0 N–H and O–H groups in total. The van der Waals surface area contributed by atoms with Crippen molar-refractivity contribution in [1.29, 1.82) is 0 Å². The minimum Gasteiger partial charge on any atom is -0.283 e.